The Balaban J connectivity index is 2.07. The van der Waals surface area contributed by atoms with Gasteiger partial charge in [0, 0.05) is 63.7 Å². The minimum absolute atomic E-state index is 0.330. The van der Waals surface area contributed by atoms with Crippen molar-refractivity contribution in [1.29, 1.82) is 0 Å². The number of fused-ring (bicyclic) bond motifs is 1. The molecule has 150 valence electrons. The molecule has 0 fully saturated rings. The molecule has 7 heteroatoms. The van der Waals surface area contributed by atoms with Gasteiger partial charge < -0.3 is 4.57 Å². The molecule has 0 saturated carbocycles. The summed E-state index contributed by atoms with van der Waals surface area (Å²) < 4.78 is 29.7. The van der Waals surface area contributed by atoms with Crippen molar-refractivity contribution >= 4 is 21.1 Å². The van der Waals surface area contributed by atoms with Crippen LogP contribution in [-0.4, -0.2) is 47.7 Å². The third-order valence-electron chi connectivity index (χ3n) is 4.79. The fraction of sp³-hybridized carbons (Fsp3) is 0.381. The Hall–Kier alpha value is -2.22. The van der Waals surface area contributed by atoms with Gasteiger partial charge in [0.25, 0.3) is 10.2 Å². The Bertz CT molecular complexity index is 1060. The second-order valence-electron chi connectivity index (χ2n) is 7.71. The zero-order chi connectivity index (χ0) is 20.5. The molecule has 28 heavy (non-hydrogen) atoms. The van der Waals surface area contributed by atoms with Gasteiger partial charge in [-0.1, -0.05) is 26.0 Å². The normalized spacial score (nSPS) is 12.6. The molecule has 0 radical (unpaired) electrons. The number of hydrogen-bond donors (Lipinski definition) is 0. The average molecular weight is 401 g/mol. The summed E-state index contributed by atoms with van der Waals surface area (Å²) in [6.45, 7) is 5.57. The number of hydrogen-bond acceptors (Lipinski definition) is 3. The maximum Gasteiger partial charge on any atom is 0.281 e. The van der Waals surface area contributed by atoms with Crippen LogP contribution >= 0.6 is 0 Å². The molecule has 0 unspecified atom stereocenters. The predicted molar refractivity (Wildman–Crippen MR) is 114 cm³/mol. The van der Waals surface area contributed by atoms with Crippen LogP contribution in [0.25, 0.3) is 22.0 Å². The van der Waals surface area contributed by atoms with E-state index in [1.807, 2.05) is 12.1 Å². The Labute approximate surface area is 167 Å². The summed E-state index contributed by atoms with van der Waals surface area (Å²) in [5.74, 6) is 0.483. The van der Waals surface area contributed by atoms with E-state index in [0.717, 1.165) is 34.1 Å². The molecule has 1 aromatic carbocycles. The van der Waals surface area contributed by atoms with Crippen LogP contribution in [0.4, 0.5) is 0 Å². The van der Waals surface area contributed by atoms with Gasteiger partial charge in [-0.15, -0.1) is 0 Å². The van der Waals surface area contributed by atoms with Crippen LogP contribution in [0, 0.1) is 5.92 Å². The first-order valence-corrected chi connectivity index (χ1v) is 10.8. The molecule has 3 aromatic rings. The van der Waals surface area contributed by atoms with E-state index in [9.17, 15) is 8.42 Å². The van der Waals surface area contributed by atoms with E-state index in [0.29, 0.717) is 12.5 Å². The highest BCUT2D eigenvalue weighted by Gasteiger charge is 2.22. The van der Waals surface area contributed by atoms with Crippen LogP contribution in [-0.2, 0) is 23.3 Å². The number of benzene rings is 1. The van der Waals surface area contributed by atoms with Gasteiger partial charge in [0.15, 0.2) is 0 Å². The van der Waals surface area contributed by atoms with Gasteiger partial charge in [-0.05, 0) is 40.8 Å². The highest BCUT2D eigenvalue weighted by atomic mass is 32.2. The van der Waals surface area contributed by atoms with Crippen LogP contribution in [0.5, 0.6) is 0 Å². The van der Waals surface area contributed by atoms with E-state index < -0.39 is 10.2 Å². The van der Waals surface area contributed by atoms with Crippen molar-refractivity contribution in [2.24, 2.45) is 5.92 Å². The molecule has 0 saturated heterocycles. The summed E-state index contributed by atoms with van der Waals surface area (Å²) in [6.07, 6.45) is 5.67. The third kappa shape index (κ3) is 4.11. The van der Waals surface area contributed by atoms with E-state index in [2.05, 4.69) is 47.8 Å². The first kappa shape index (κ1) is 20.5. The second-order valence-corrected chi connectivity index (χ2v) is 9.96. The van der Waals surface area contributed by atoms with Crippen molar-refractivity contribution in [2.75, 3.05) is 21.1 Å². The van der Waals surface area contributed by atoms with Crippen molar-refractivity contribution in [2.45, 2.75) is 26.9 Å². The minimum Gasteiger partial charge on any atom is -0.347 e. The smallest absolute Gasteiger partial charge is 0.281 e. The Morgan fingerprint density at radius 3 is 2.32 bits per heavy atom. The molecule has 0 amide bonds. The molecule has 2 aromatic heterocycles. The molecule has 0 bridgehead atoms. The largest absolute Gasteiger partial charge is 0.347 e. The maximum atomic E-state index is 12.4. The lowest BCUT2D eigenvalue weighted by Crippen LogP contribution is -2.36. The zero-order valence-corrected chi connectivity index (χ0v) is 17.9. The molecular weight excluding hydrogens is 372 g/mol. The minimum atomic E-state index is -3.46. The molecule has 0 aliphatic carbocycles. The Morgan fingerprint density at radius 2 is 1.71 bits per heavy atom. The van der Waals surface area contributed by atoms with Gasteiger partial charge in [0.1, 0.15) is 0 Å². The van der Waals surface area contributed by atoms with Crippen molar-refractivity contribution in [3.8, 4) is 11.1 Å². The van der Waals surface area contributed by atoms with E-state index in [-0.39, 0.29) is 0 Å². The lowest BCUT2D eigenvalue weighted by Gasteiger charge is -2.21. The molecule has 3 rings (SSSR count). The third-order valence-corrected chi connectivity index (χ3v) is 6.63. The predicted octanol–water partition coefficient (Wildman–Crippen LogP) is 3.60. The topological polar surface area (TPSA) is 58.4 Å². The van der Waals surface area contributed by atoms with E-state index in [4.69, 9.17) is 0 Å². The molecule has 0 atom stereocenters. The number of nitrogens with zero attached hydrogens (tertiary/aromatic N) is 4. The first-order chi connectivity index (χ1) is 13.2. The summed E-state index contributed by atoms with van der Waals surface area (Å²) >= 11 is 0. The van der Waals surface area contributed by atoms with Gasteiger partial charge in [-0.3, -0.25) is 4.98 Å². The summed E-state index contributed by atoms with van der Waals surface area (Å²) in [5.41, 5.74) is 4.36. The molecule has 0 N–H and O–H groups in total. The number of rotatable bonds is 7. The van der Waals surface area contributed by atoms with Crippen LogP contribution in [0.2, 0.25) is 0 Å². The van der Waals surface area contributed by atoms with Gasteiger partial charge in [-0.2, -0.15) is 17.0 Å². The SMILES string of the molecule is CC(C)Cn1cc(CN(C)S(=O)(=O)N(C)C)c2ccc(-c3ccncc3)cc21. The monoisotopic (exact) mass is 400 g/mol. The van der Waals surface area contributed by atoms with Crippen molar-refractivity contribution in [1.82, 2.24) is 18.2 Å². The highest BCUT2D eigenvalue weighted by Crippen LogP contribution is 2.29. The average Bonchev–Trinajstić information content (AvgIpc) is 2.98. The van der Waals surface area contributed by atoms with Gasteiger partial charge >= 0.3 is 0 Å². The van der Waals surface area contributed by atoms with E-state index >= 15 is 0 Å². The van der Waals surface area contributed by atoms with Crippen LogP contribution < -0.4 is 0 Å². The second kappa shape index (κ2) is 8.03. The lowest BCUT2D eigenvalue weighted by atomic mass is 10.0. The van der Waals surface area contributed by atoms with Gasteiger partial charge in [0.05, 0.1) is 0 Å². The van der Waals surface area contributed by atoms with Crippen LogP contribution in [0.1, 0.15) is 19.4 Å². The fourth-order valence-electron chi connectivity index (χ4n) is 3.36. The van der Waals surface area contributed by atoms with Crippen LogP contribution in [0.15, 0.2) is 48.9 Å². The quantitative estimate of drug-likeness (QED) is 0.609. The highest BCUT2D eigenvalue weighted by molar-refractivity contribution is 7.86. The Kier molecular flexibility index (Phi) is 5.88. The first-order valence-electron chi connectivity index (χ1n) is 9.36. The lowest BCUT2D eigenvalue weighted by molar-refractivity contribution is 0.414. The summed E-state index contributed by atoms with van der Waals surface area (Å²) in [6, 6.07) is 10.3. The molecule has 2 heterocycles. The standard InChI is InChI=1S/C21H28N4O2S/c1-16(2)13-25-15-19(14-24(5)28(26,27)23(3)4)20-7-6-18(12-21(20)25)17-8-10-22-11-9-17/h6-12,15-16H,13-14H2,1-5H3. The summed E-state index contributed by atoms with van der Waals surface area (Å²) in [7, 11) is 1.26. The molecule has 0 aliphatic heterocycles. The van der Waals surface area contributed by atoms with Crippen molar-refractivity contribution in [3.05, 3.63) is 54.5 Å². The van der Waals surface area contributed by atoms with Gasteiger partial charge in [0.2, 0.25) is 0 Å². The molecule has 0 aliphatic rings. The van der Waals surface area contributed by atoms with E-state index in [1.165, 1.54) is 8.61 Å². The Morgan fingerprint density at radius 1 is 1.04 bits per heavy atom. The molecule has 6 nitrogen and oxygen atoms in total. The molecular formula is C21H28N4O2S. The summed E-state index contributed by atoms with van der Waals surface area (Å²) in [5, 5.41) is 1.08. The molecule has 0 spiro atoms. The summed E-state index contributed by atoms with van der Waals surface area (Å²) in [4.78, 5) is 4.09. The zero-order valence-electron chi connectivity index (χ0n) is 17.1. The van der Waals surface area contributed by atoms with Gasteiger partial charge in [-0.25, -0.2) is 0 Å². The van der Waals surface area contributed by atoms with Crippen molar-refractivity contribution < 1.29 is 8.42 Å². The fourth-order valence-corrected chi connectivity index (χ4v) is 4.22. The van der Waals surface area contributed by atoms with E-state index in [1.54, 1.807) is 33.5 Å². The maximum absolute atomic E-state index is 12.4. The number of aromatic nitrogens is 2. The van der Waals surface area contributed by atoms with Crippen LogP contribution in [0.3, 0.4) is 0 Å². The number of pyridine rings is 1. The van der Waals surface area contributed by atoms with Crippen molar-refractivity contribution in [3.63, 3.8) is 0 Å².